The van der Waals surface area contributed by atoms with Gasteiger partial charge in [-0.25, -0.2) is 4.98 Å². The van der Waals surface area contributed by atoms with Gasteiger partial charge in [0.25, 0.3) is 5.91 Å². The normalized spacial score (nSPS) is 12.8. The summed E-state index contributed by atoms with van der Waals surface area (Å²) in [5, 5.41) is 3.47. The Balaban J connectivity index is 1.81. The van der Waals surface area contributed by atoms with Crippen LogP contribution in [0.25, 0.3) is 0 Å². The van der Waals surface area contributed by atoms with Crippen molar-refractivity contribution < 1.29 is 9.59 Å². The number of benzene rings is 1. The maximum atomic E-state index is 13.0. The third kappa shape index (κ3) is 3.91. The molecule has 1 aromatic heterocycles. The molecule has 0 bridgehead atoms. The Morgan fingerprint density at radius 1 is 1.28 bits per heavy atom. The van der Waals surface area contributed by atoms with Crippen LogP contribution in [0.1, 0.15) is 23.2 Å². The van der Waals surface area contributed by atoms with Crippen molar-refractivity contribution in [2.75, 3.05) is 18.0 Å². The van der Waals surface area contributed by atoms with Gasteiger partial charge in [0.2, 0.25) is 5.91 Å². The highest BCUT2D eigenvalue weighted by Crippen LogP contribution is 2.40. The van der Waals surface area contributed by atoms with Crippen molar-refractivity contribution in [2.24, 2.45) is 0 Å². The van der Waals surface area contributed by atoms with Crippen LogP contribution < -0.4 is 10.2 Å². The second kappa shape index (κ2) is 7.98. The van der Waals surface area contributed by atoms with E-state index in [1.165, 1.54) is 11.8 Å². The van der Waals surface area contributed by atoms with Crippen LogP contribution >= 0.6 is 11.8 Å². The fourth-order valence-corrected chi connectivity index (χ4v) is 3.67. The van der Waals surface area contributed by atoms with Gasteiger partial charge in [0.15, 0.2) is 0 Å². The lowest BCUT2D eigenvalue weighted by Crippen LogP contribution is -2.33. The number of carbonyl (C=O) groups is 2. The summed E-state index contributed by atoms with van der Waals surface area (Å²) < 4.78 is 0. The highest BCUT2D eigenvalue weighted by Gasteiger charge is 2.27. The van der Waals surface area contributed by atoms with E-state index in [2.05, 4.69) is 16.9 Å². The molecule has 2 heterocycles. The van der Waals surface area contributed by atoms with Gasteiger partial charge < -0.3 is 10.2 Å². The second-order valence-electron chi connectivity index (χ2n) is 5.58. The van der Waals surface area contributed by atoms with Crippen LogP contribution in [0.5, 0.6) is 0 Å². The molecule has 5 nitrogen and oxygen atoms in total. The van der Waals surface area contributed by atoms with Gasteiger partial charge >= 0.3 is 0 Å². The molecular weight excluding hydrogens is 334 g/mol. The monoisotopic (exact) mass is 353 g/mol. The van der Waals surface area contributed by atoms with Crippen molar-refractivity contribution >= 4 is 29.3 Å². The van der Waals surface area contributed by atoms with Crippen molar-refractivity contribution in [1.82, 2.24) is 10.3 Å². The van der Waals surface area contributed by atoms with Crippen LogP contribution in [-0.2, 0) is 4.79 Å². The van der Waals surface area contributed by atoms with Gasteiger partial charge in [-0.15, -0.1) is 6.58 Å². The SMILES string of the molecule is C=CCNC(=O)CCCN1C(=O)c2cccnc2Sc2ccccc21. The molecular formula is C19H19N3O2S. The number of nitrogens with one attached hydrogen (secondary N) is 1. The zero-order chi connectivity index (χ0) is 17.6. The number of fused-ring (bicyclic) bond motifs is 2. The van der Waals surface area contributed by atoms with E-state index in [9.17, 15) is 9.59 Å². The van der Waals surface area contributed by atoms with Gasteiger partial charge in [0.1, 0.15) is 5.03 Å². The minimum absolute atomic E-state index is 0.0353. The van der Waals surface area contributed by atoms with Gasteiger partial charge in [-0.3, -0.25) is 9.59 Å². The molecule has 0 atom stereocenters. The predicted molar refractivity (Wildman–Crippen MR) is 98.9 cm³/mol. The Labute approximate surface area is 151 Å². The molecule has 1 aliphatic rings. The van der Waals surface area contributed by atoms with E-state index in [1.54, 1.807) is 29.3 Å². The number of para-hydroxylation sites is 1. The molecule has 0 saturated carbocycles. The molecule has 0 aliphatic carbocycles. The van der Waals surface area contributed by atoms with Gasteiger partial charge in [-0.1, -0.05) is 30.0 Å². The molecule has 1 N–H and O–H groups in total. The molecule has 1 aromatic carbocycles. The number of nitrogens with zero attached hydrogens (tertiary/aromatic N) is 2. The number of rotatable bonds is 6. The number of pyridine rings is 1. The zero-order valence-electron chi connectivity index (χ0n) is 13.8. The van der Waals surface area contributed by atoms with E-state index in [-0.39, 0.29) is 11.8 Å². The van der Waals surface area contributed by atoms with Crippen LogP contribution in [0.2, 0.25) is 0 Å². The molecule has 0 spiro atoms. The molecule has 2 aromatic rings. The fourth-order valence-electron chi connectivity index (χ4n) is 2.65. The summed E-state index contributed by atoms with van der Waals surface area (Å²) in [6.07, 6.45) is 4.30. The molecule has 1 aliphatic heterocycles. The van der Waals surface area contributed by atoms with Crippen LogP contribution in [0.15, 0.2) is 65.2 Å². The molecule has 25 heavy (non-hydrogen) atoms. The van der Waals surface area contributed by atoms with E-state index in [0.717, 1.165) is 10.6 Å². The first-order valence-corrected chi connectivity index (χ1v) is 8.93. The lowest BCUT2D eigenvalue weighted by molar-refractivity contribution is -0.120. The third-order valence-electron chi connectivity index (χ3n) is 3.84. The summed E-state index contributed by atoms with van der Waals surface area (Å²) >= 11 is 1.50. The zero-order valence-corrected chi connectivity index (χ0v) is 14.6. The third-order valence-corrected chi connectivity index (χ3v) is 4.92. The Morgan fingerprint density at radius 2 is 2.12 bits per heavy atom. The average molecular weight is 353 g/mol. The molecule has 0 radical (unpaired) electrons. The molecule has 0 unspecified atom stereocenters. The maximum Gasteiger partial charge on any atom is 0.261 e. The summed E-state index contributed by atoms with van der Waals surface area (Å²) in [4.78, 5) is 31.9. The molecule has 128 valence electrons. The van der Waals surface area contributed by atoms with Gasteiger partial charge in [-0.05, 0) is 30.7 Å². The van der Waals surface area contributed by atoms with Gasteiger partial charge in [0.05, 0.1) is 11.3 Å². The summed E-state index contributed by atoms with van der Waals surface area (Å²) in [6, 6.07) is 11.4. The second-order valence-corrected chi connectivity index (χ2v) is 6.61. The molecule has 3 rings (SSSR count). The van der Waals surface area contributed by atoms with Gasteiger partial charge in [-0.2, -0.15) is 0 Å². The Morgan fingerprint density at radius 3 is 2.96 bits per heavy atom. The highest BCUT2D eigenvalue weighted by atomic mass is 32.2. The highest BCUT2D eigenvalue weighted by molar-refractivity contribution is 7.99. The largest absolute Gasteiger partial charge is 0.353 e. The van der Waals surface area contributed by atoms with Crippen molar-refractivity contribution in [3.05, 3.63) is 60.8 Å². The summed E-state index contributed by atoms with van der Waals surface area (Å²) in [6.45, 7) is 4.51. The number of hydrogen-bond donors (Lipinski definition) is 1. The van der Waals surface area contributed by atoms with Crippen LogP contribution in [0.3, 0.4) is 0 Å². The standard InChI is InChI=1S/C19H19N3O2S/c1-2-11-20-17(23)10-6-13-22-15-8-3-4-9-16(15)25-18-14(19(22)24)7-5-12-21-18/h2-5,7-9,12H,1,6,10-11,13H2,(H,20,23). The minimum Gasteiger partial charge on any atom is -0.353 e. The van der Waals surface area contributed by atoms with E-state index in [1.807, 2.05) is 24.3 Å². The Hall–Kier alpha value is -2.60. The predicted octanol–water partition coefficient (Wildman–Crippen LogP) is 3.28. The quantitative estimate of drug-likeness (QED) is 0.810. The first kappa shape index (κ1) is 17.2. The first-order valence-electron chi connectivity index (χ1n) is 8.12. The molecule has 0 saturated heterocycles. The van der Waals surface area contributed by atoms with Crippen molar-refractivity contribution in [2.45, 2.75) is 22.8 Å². The number of hydrogen-bond acceptors (Lipinski definition) is 4. The summed E-state index contributed by atoms with van der Waals surface area (Å²) in [7, 11) is 0. The number of anilines is 1. The fraction of sp³-hybridized carbons (Fsp3) is 0.211. The lowest BCUT2D eigenvalue weighted by Gasteiger charge is -2.22. The van der Waals surface area contributed by atoms with E-state index in [0.29, 0.717) is 36.5 Å². The van der Waals surface area contributed by atoms with Crippen molar-refractivity contribution in [3.8, 4) is 0 Å². The van der Waals surface area contributed by atoms with Crippen LogP contribution in [0, 0.1) is 0 Å². The summed E-state index contributed by atoms with van der Waals surface area (Å²) in [5.41, 5.74) is 1.46. The van der Waals surface area contributed by atoms with Crippen molar-refractivity contribution in [1.29, 1.82) is 0 Å². The summed E-state index contributed by atoms with van der Waals surface area (Å²) in [5.74, 6) is -0.112. The van der Waals surface area contributed by atoms with Crippen LogP contribution in [0.4, 0.5) is 5.69 Å². The lowest BCUT2D eigenvalue weighted by atomic mass is 10.2. The number of aromatic nitrogens is 1. The topological polar surface area (TPSA) is 62.3 Å². The first-order chi connectivity index (χ1) is 12.2. The number of amides is 2. The van der Waals surface area contributed by atoms with Crippen LogP contribution in [-0.4, -0.2) is 29.9 Å². The van der Waals surface area contributed by atoms with E-state index < -0.39 is 0 Å². The van der Waals surface area contributed by atoms with E-state index >= 15 is 0 Å². The van der Waals surface area contributed by atoms with E-state index in [4.69, 9.17) is 0 Å². The Kier molecular flexibility index (Phi) is 5.50. The number of carbonyl (C=O) groups excluding carboxylic acids is 2. The minimum atomic E-state index is -0.0768. The maximum absolute atomic E-state index is 13.0. The van der Waals surface area contributed by atoms with Gasteiger partial charge in [0, 0.05) is 30.6 Å². The molecule has 2 amide bonds. The van der Waals surface area contributed by atoms with Crippen molar-refractivity contribution in [3.63, 3.8) is 0 Å². The molecule has 0 fully saturated rings. The Bertz CT molecular complexity index is 807. The average Bonchev–Trinajstić information content (AvgIpc) is 2.75. The smallest absolute Gasteiger partial charge is 0.261 e. The molecule has 6 heteroatoms.